The average molecular weight is 986 g/mol. The molecular formula is C51H65ClN8O6S2. The number of allylic oxidation sites excluding steroid dienone is 1. The Morgan fingerprint density at radius 1 is 0.897 bits per heavy atom. The van der Waals surface area contributed by atoms with Crippen molar-refractivity contribution < 1.29 is 22.9 Å². The van der Waals surface area contributed by atoms with Crippen LogP contribution in [-0.2, 0) is 14.8 Å². The number of hydrogen-bond acceptors (Lipinski definition) is 13. The highest BCUT2D eigenvalue weighted by atomic mass is 35.5. The number of nitro benzene ring substituents is 1. The molecule has 0 aromatic heterocycles. The lowest BCUT2D eigenvalue weighted by Gasteiger charge is -2.43. The Kier molecular flexibility index (Phi) is 17.2. The molecule has 0 bridgehead atoms. The van der Waals surface area contributed by atoms with Gasteiger partial charge in [-0.05, 0) is 109 Å². The first-order valence-corrected chi connectivity index (χ1v) is 26.8. The molecule has 4 aliphatic rings. The van der Waals surface area contributed by atoms with Crippen molar-refractivity contribution in [2.45, 2.75) is 54.9 Å². The van der Waals surface area contributed by atoms with E-state index >= 15 is 0 Å². The molecule has 2 atom stereocenters. The Hall–Kier alpha value is -4.52. The molecule has 4 aromatic rings. The molecule has 3 saturated heterocycles. The van der Waals surface area contributed by atoms with Gasteiger partial charge in [0.25, 0.3) is 21.6 Å². The summed E-state index contributed by atoms with van der Waals surface area (Å²) in [5.74, 6) is -0.178. The zero-order valence-corrected chi connectivity index (χ0v) is 41.4. The molecule has 68 heavy (non-hydrogen) atoms. The minimum atomic E-state index is -4.46. The maximum Gasteiger partial charge on any atom is 0.293 e. The summed E-state index contributed by atoms with van der Waals surface area (Å²) in [6.45, 7) is 16.1. The molecule has 0 saturated carbocycles. The number of carbonyl (C=O) groups is 1. The van der Waals surface area contributed by atoms with E-state index in [-0.39, 0.29) is 33.3 Å². The first-order valence-electron chi connectivity index (χ1n) is 24.0. The van der Waals surface area contributed by atoms with Crippen molar-refractivity contribution in [3.05, 3.63) is 129 Å². The zero-order valence-electron chi connectivity index (χ0n) is 39.0. The molecule has 14 nitrogen and oxygen atoms in total. The van der Waals surface area contributed by atoms with E-state index in [9.17, 15) is 23.3 Å². The summed E-state index contributed by atoms with van der Waals surface area (Å²) in [5.41, 5.74) is 5.40. The van der Waals surface area contributed by atoms with Crippen LogP contribution in [0.5, 0.6) is 0 Å². The van der Waals surface area contributed by atoms with Gasteiger partial charge >= 0.3 is 0 Å². The number of nitro groups is 1. The van der Waals surface area contributed by atoms with Gasteiger partial charge in [0, 0.05) is 131 Å². The summed E-state index contributed by atoms with van der Waals surface area (Å²) >= 11 is 7.95. The standard InChI is InChI=1S/C51H65ClN8O6S2/c1-51(38-58-25-21-53-22-26-58)20-18-47(39-8-12-42(52)13-9-39)41(35-51)36-57-27-29-59(30-28-57)44-14-10-40(11-15-44)50(61)55-68(64,65)46-16-17-48(49(34-46)60(62)63)54-43(37-67-45-6-3-2-4-7-45)19-24-56-23-5-32-66-33-31-56/h2-4,6-17,34,43,53-54H,5,18-33,35-38H2,1H3,(H,55,61). The Morgan fingerprint density at radius 3 is 2.38 bits per heavy atom. The van der Waals surface area contributed by atoms with E-state index < -0.39 is 20.9 Å². The van der Waals surface area contributed by atoms with Crippen LogP contribution >= 0.6 is 23.4 Å². The summed E-state index contributed by atoms with van der Waals surface area (Å²) in [4.78, 5) is 35.8. The van der Waals surface area contributed by atoms with Gasteiger partial charge in [-0.1, -0.05) is 54.4 Å². The topological polar surface area (TPSA) is 153 Å². The minimum absolute atomic E-state index is 0.158. The highest BCUT2D eigenvalue weighted by Crippen LogP contribution is 2.44. The first-order chi connectivity index (χ1) is 32.9. The quantitative estimate of drug-likeness (QED) is 0.0508. The summed E-state index contributed by atoms with van der Waals surface area (Å²) in [6, 6.07) is 28.8. The van der Waals surface area contributed by atoms with Gasteiger partial charge in [-0.3, -0.25) is 19.8 Å². The van der Waals surface area contributed by atoms with E-state index in [4.69, 9.17) is 16.3 Å². The predicted molar refractivity (Wildman–Crippen MR) is 274 cm³/mol. The first kappa shape index (κ1) is 49.9. The highest BCUT2D eigenvalue weighted by Gasteiger charge is 2.35. The van der Waals surface area contributed by atoms with E-state index in [0.717, 1.165) is 139 Å². The van der Waals surface area contributed by atoms with Gasteiger partial charge < -0.3 is 30.1 Å². The molecule has 0 spiro atoms. The number of sulfonamides is 1. The smallest absolute Gasteiger partial charge is 0.293 e. The lowest BCUT2D eigenvalue weighted by atomic mass is 9.71. The maximum atomic E-state index is 13.6. The molecular weight excluding hydrogens is 920 g/mol. The van der Waals surface area contributed by atoms with Gasteiger partial charge in [-0.2, -0.15) is 0 Å². The lowest BCUT2D eigenvalue weighted by molar-refractivity contribution is -0.384. The number of thioether (sulfide) groups is 1. The second-order valence-electron chi connectivity index (χ2n) is 18.8. The van der Waals surface area contributed by atoms with E-state index in [0.29, 0.717) is 18.8 Å². The second-order valence-corrected chi connectivity index (χ2v) is 22.1. The molecule has 4 aromatic carbocycles. The monoisotopic (exact) mass is 984 g/mol. The van der Waals surface area contributed by atoms with Crippen molar-refractivity contribution in [2.75, 3.05) is 114 Å². The Bertz CT molecular complexity index is 2460. The number of rotatable bonds is 18. The van der Waals surface area contributed by atoms with Crippen LogP contribution in [0.3, 0.4) is 0 Å². The van der Waals surface area contributed by atoms with Crippen LogP contribution in [0.1, 0.15) is 54.9 Å². The largest absolute Gasteiger partial charge is 0.380 e. The summed E-state index contributed by atoms with van der Waals surface area (Å²) in [5, 5.41) is 20.0. The van der Waals surface area contributed by atoms with E-state index in [2.05, 4.69) is 54.0 Å². The van der Waals surface area contributed by atoms with Gasteiger partial charge in [0.15, 0.2) is 0 Å². The number of amides is 1. The number of ether oxygens (including phenoxy) is 1. The Morgan fingerprint density at radius 2 is 1.65 bits per heavy atom. The van der Waals surface area contributed by atoms with Crippen LogP contribution in [0.2, 0.25) is 5.02 Å². The summed E-state index contributed by atoms with van der Waals surface area (Å²) < 4.78 is 35.0. The van der Waals surface area contributed by atoms with Crippen molar-refractivity contribution in [1.82, 2.24) is 24.7 Å². The molecule has 0 radical (unpaired) electrons. The second kappa shape index (κ2) is 23.4. The number of piperazine rings is 2. The number of carbonyl (C=O) groups excluding carboxylic acids is 1. The van der Waals surface area contributed by atoms with Crippen LogP contribution in [0.25, 0.3) is 5.57 Å². The van der Waals surface area contributed by atoms with Crippen molar-refractivity contribution in [2.24, 2.45) is 5.41 Å². The molecule has 17 heteroatoms. The Balaban J connectivity index is 0.879. The number of benzene rings is 4. The predicted octanol–water partition coefficient (Wildman–Crippen LogP) is 7.72. The number of nitrogens with one attached hydrogen (secondary N) is 3. The van der Waals surface area contributed by atoms with Crippen molar-refractivity contribution in [1.29, 1.82) is 0 Å². The van der Waals surface area contributed by atoms with Gasteiger partial charge in [0.1, 0.15) is 5.69 Å². The third-order valence-corrected chi connectivity index (χ3v) is 16.5. The van der Waals surface area contributed by atoms with Gasteiger partial charge in [-0.25, -0.2) is 13.1 Å². The van der Waals surface area contributed by atoms with E-state index in [1.807, 2.05) is 54.6 Å². The van der Waals surface area contributed by atoms with Crippen LogP contribution < -0.4 is 20.3 Å². The number of anilines is 2. The van der Waals surface area contributed by atoms with Gasteiger partial charge in [0.05, 0.1) is 16.4 Å². The average Bonchev–Trinajstić information content (AvgIpc) is 3.63. The van der Waals surface area contributed by atoms with Crippen LogP contribution in [0, 0.1) is 15.5 Å². The maximum absolute atomic E-state index is 13.6. The fraction of sp³-hybridized carbons (Fsp3) is 0.471. The number of halogens is 1. The fourth-order valence-electron chi connectivity index (χ4n) is 9.95. The fourth-order valence-corrected chi connectivity index (χ4v) is 12.1. The third kappa shape index (κ3) is 13.6. The molecule has 8 rings (SSSR count). The zero-order chi connectivity index (χ0) is 47.5. The van der Waals surface area contributed by atoms with Crippen molar-refractivity contribution in [3.8, 4) is 0 Å². The van der Waals surface area contributed by atoms with Gasteiger partial charge in [0.2, 0.25) is 0 Å². The molecule has 364 valence electrons. The lowest BCUT2D eigenvalue weighted by Crippen LogP contribution is -2.49. The van der Waals surface area contributed by atoms with Crippen LogP contribution in [0.4, 0.5) is 17.1 Å². The Labute approximate surface area is 411 Å². The molecule has 2 unspecified atom stereocenters. The van der Waals surface area contributed by atoms with Crippen molar-refractivity contribution in [3.63, 3.8) is 0 Å². The van der Waals surface area contributed by atoms with E-state index in [1.165, 1.54) is 28.8 Å². The van der Waals surface area contributed by atoms with Gasteiger partial charge in [-0.15, -0.1) is 11.8 Å². The van der Waals surface area contributed by atoms with Crippen LogP contribution in [-0.4, -0.2) is 144 Å². The van der Waals surface area contributed by atoms with E-state index in [1.54, 1.807) is 23.9 Å². The highest BCUT2D eigenvalue weighted by molar-refractivity contribution is 7.99. The third-order valence-electron chi connectivity index (χ3n) is 13.7. The minimum Gasteiger partial charge on any atom is -0.380 e. The molecule has 3 heterocycles. The molecule has 3 fully saturated rings. The molecule has 1 aliphatic carbocycles. The van der Waals surface area contributed by atoms with Crippen LogP contribution in [0.15, 0.2) is 112 Å². The molecule has 3 N–H and O–H groups in total. The summed E-state index contributed by atoms with van der Waals surface area (Å²) in [6.07, 6.45) is 4.94. The molecule has 1 amide bonds. The SMILES string of the molecule is CC1(CN2CCNCC2)CCC(c2ccc(Cl)cc2)=C(CN2CCN(c3ccc(C(=O)NS(=O)(=O)c4ccc(NC(CCN5CCCOCC5)CSc5ccccc5)c([N+](=O)[O-])c4)cc3)CC2)C1. The number of hydrogen-bond donors (Lipinski definition) is 3. The van der Waals surface area contributed by atoms with Crippen molar-refractivity contribution >= 4 is 61.9 Å². The molecule has 3 aliphatic heterocycles. The summed E-state index contributed by atoms with van der Waals surface area (Å²) in [7, 11) is -4.46. The normalized spacial score (nSPS) is 20.7. The number of nitrogens with zero attached hydrogens (tertiary/aromatic N) is 5.